The molecule has 5 aliphatic rings. The van der Waals surface area contributed by atoms with Crippen LogP contribution < -0.4 is 4.90 Å². The molecule has 2 bridgehead atoms. The van der Waals surface area contributed by atoms with Crippen molar-refractivity contribution in [3.63, 3.8) is 0 Å². The van der Waals surface area contributed by atoms with Gasteiger partial charge in [-0.3, -0.25) is 24.4 Å². The van der Waals surface area contributed by atoms with Gasteiger partial charge in [0.15, 0.2) is 0 Å². The number of fused-ring (bicyclic) bond motifs is 6. The summed E-state index contributed by atoms with van der Waals surface area (Å²) < 4.78 is 0. The van der Waals surface area contributed by atoms with Gasteiger partial charge in [-0.15, -0.1) is 0 Å². The Hall–Kier alpha value is -2.47. The summed E-state index contributed by atoms with van der Waals surface area (Å²) >= 11 is 0. The molecule has 2 aromatic rings. The molecule has 1 aromatic carbocycles. The normalized spacial score (nSPS) is 34.7. The Kier molecular flexibility index (Phi) is 5.76. The largest absolute Gasteiger partial charge is 0.367 e. The molecule has 0 radical (unpaired) electrons. The zero-order valence-corrected chi connectivity index (χ0v) is 21.2. The number of piperazine rings is 1. The Labute approximate surface area is 214 Å². The van der Waals surface area contributed by atoms with Gasteiger partial charge in [-0.25, -0.2) is 0 Å². The van der Waals surface area contributed by atoms with E-state index in [0.717, 1.165) is 63.9 Å². The summed E-state index contributed by atoms with van der Waals surface area (Å²) in [5.41, 5.74) is 2.34. The van der Waals surface area contributed by atoms with Gasteiger partial charge in [-0.1, -0.05) is 31.0 Å². The van der Waals surface area contributed by atoms with Crippen molar-refractivity contribution in [2.24, 2.45) is 35.5 Å². The highest BCUT2D eigenvalue weighted by molar-refractivity contribution is 6.06. The van der Waals surface area contributed by atoms with Crippen molar-refractivity contribution >= 4 is 28.4 Å². The number of para-hydroxylation sites is 1. The molecule has 3 heterocycles. The summed E-state index contributed by atoms with van der Waals surface area (Å²) in [4.78, 5) is 38.1. The Morgan fingerprint density at radius 1 is 0.778 bits per heavy atom. The van der Waals surface area contributed by atoms with Crippen LogP contribution in [0, 0.1) is 35.5 Å². The molecule has 6 unspecified atom stereocenters. The topological polar surface area (TPSA) is 56.8 Å². The van der Waals surface area contributed by atoms with Gasteiger partial charge >= 0.3 is 0 Å². The number of benzene rings is 1. The zero-order valence-electron chi connectivity index (χ0n) is 21.2. The van der Waals surface area contributed by atoms with Crippen LogP contribution in [-0.4, -0.2) is 65.9 Å². The van der Waals surface area contributed by atoms with E-state index in [9.17, 15) is 9.59 Å². The van der Waals surface area contributed by atoms with E-state index in [1.807, 2.05) is 12.3 Å². The summed E-state index contributed by atoms with van der Waals surface area (Å²) in [6.07, 6.45) is 10.2. The fourth-order valence-corrected chi connectivity index (χ4v) is 8.50. The van der Waals surface area contributed by atoms with E-state index in [1.165, 1.54) is 30.3 Å². The van der Waals surface area contributed by atoms with Crippen molar-refractivity contribution in [3.8, 4) is 0 Å². The minimum Gasteiger partial charge on any atom is -0.367 e. The Morgan fingerprint density at radius 3 is 2.17 bits per heavy atom. The molecular formula is C30H38N4O2. The van der Waals surface area contributed by atoms with Crippen LogP contribution in [0.5, 0.6) is 0 Å². The second kappa shape index (κ2) is 9.13. The van der Waals surface area contributed by atoms with Gasteiger partial charge in [0.05, 0.1) is 23.0 Å². The predicted molar refractivity (Wildman–Crippen MR) is 140 cm³/mol. The quantitative estimate of drug-likeness (QED) is 0.593. The van der Waals surface area contributed by atoms with Crippen LogP contribution in [-0.2, 0) is 9.59 Å². The lowest BCUT2D eigenvalue weighted by Gasteiger charge is -2.41. The molecule has 6 heteroatoms. The number of anilines is 1. The number of amides is 2. The summed E-state index contributed by atoms with van der Waals surface area (Å²) in [5, 5.41) is 1.20. The molecule has 7 rings (SSSR count). The van der Waals surface area contributed by atoms with E-state index in [4.69, 9.17) is 0 Å². The first-order valence-corrected chi connectivity index (χ1v) is 14.3. The van der Waals surface area contributed by atoms with Gasteiger partial charge in [-0.05, 0) is 67.9 Å². The average Bonchev–Trinajstić information content (AvgIpc) is 3.60. The molecule has 0 spiro atoms. The van der Waals surface area contributed by atoms with E-state index in [1.54, 1.807) is 4.90 Å². The summed E-state index contributed by atoms with van der Waals surface area (Å²) in [7, 11) is 0. The number of carbonyl (C=O) groups excluding carboxylic acids is 2. The summed E-state index contributed by atoms with van der Waals surface area (Å²) in [5.74, 6) is 2.42. The molecule has 6 atom stereocenters. The number of likely N-dealkylation sites (tertiary alicyclic amines) is 1. The molecular weight excluding hydrogens is 448 g/mol. The van der Waals surface area contributed by atoms with Gasteiger partial charge in [0.1, 0.15) is 0 Å². The first kappa shape index (κ1) is 22.7. The Bertz CT molecular complexity index is 1130. The van der Waals surface area contributed by atoms with Gasteiger partial charge in [0, 0.05) is 50.9 Å². The third-order valence-corrected chi connectivity index (χ3v) is 10.3. The van der Waals surface area contributed by atoms with Crippen LogP contribution in [0.15, 0.2) is 36.5 Å². The van der Waals surface area contributed by atoms with E-state index in [2.05, 4.69) is 39.0 Å². The molecule has 0 N–H and O–H groups in total. The summed E-state index contributed by atoms with van der Waals surface area (Å²) in [6.45, 7) is 5.92. The molecule has 2 amide bonds. The number of aromatic nitrogens is 1. The van der Waals surface area contributed by atoms with E-state index >= 15 is 0 Å². The van der Waals surface area contributed by atoms with Crippen LogP contribution >= 0.6 is 0 Å². The fraction of sp³-hybridized carbons (Fsp3) is 0.633. The second-order valence-electron chi connectivity index (χ2n) is 12.1. The van der Waals surface area contributed by atoms with Crippen molar-refractivity contribution < 1.29 is 9.59 Å². The highest BCUT2D eigenvalue weighted by Gasteiger charge is 2.61. The molecule has 6 nitrogen and oxygen atoms in total. The molecule has 2 aliphatic heterocycles. The van der Waals surface area contributed by atoms with Gasteiger partial charge in [0.25, 0.3) is 0 Å². The van der Waals surface area contributed by atoms with Gasteiger partial charge in [0.2, 0.25) is 11.8 Å². The summed E-state index contributed by atoms with van der Waals surface area (Å²) in [6, 6.07) is 10.6. The van der Waals surface area contributed by atoms with Crippen LogP contribution in [0.4, 0.5) is 5.69 Å². The number of imide groups is 1. The Balaban J connectivity index is 0.992. The van der Waals surface area contributed by atoms with Crippen molar-refractivity contribution in [2.45, 2.75) is 44.9 Å². The minimum atomic E-state index is 0.0231. The van der Waals surface area contributed by atoms with Crippen molar-refractivity contribution in [3.05, 3.63) is 36.5 Å². The van der Waals surface area contributed by atoms with Crippen molar-refractivity contribution in [2.75, 3.05) is 44.2 Å². The van der Waals surface area contributed by atoms with Gasteiger partial charge in [-0.2, -0.15) is 0 Å². The number of carbonyl (C=O) groups is 2. The SMILES string of the molecule is O=C1C2C3CCC(C3)C2C(=O)N1CC1CCCCC1CN1CCN(c2cccc3cccnc23)CC1. The first-order chi connectivity index (χ1) is 17.7. The maximum atomic E-state index is 13.3. The van der Waals surface area contributed by atoms with Crippen LogP contribution in [0.1, 0.15) is 44.9 Å². The molecule has 3 aliphatic carbocycles. The average molecular weight is 487 g/mol. The van der Waals surface area contributed by atoms with Crippen LogP contribution in [0.25, 0.3) is 10.9 Å². The van der Waals surface area contributed by atoms with Crippen molar-refractivity contribution in [1.82, 2.24) is 14.8 Å². The number of pyridine rings is 1. The number of rotatable bonds is 5. The maximum absolute atomic E-state index is 13.3. The lowest BCUT2D eigenvalue weighted by Crippen LogP contribution is -2.49. The zero-order chi connectivity index (χ0) is 24.2. The predicted octanol–water partition coefficient (Wildman–Crippen LogP) is 4.19. The number of hydrogen-bond acceptors (Lipinski definition) is 5. The van der Waals surface area contributed by atoms with Crippen LogP contribution in [0.2, 0.25) is 0 Å². The smallest absolute Gasteiger partial charge is 0.233 e. The molecule has 36 heavy (non-hydrogen) atoms. The molecule has 190 valence electrons. The lowest BCUT2D eigenvalue weighted by atomic mass is 9.78. The standard InChI is InChI=1S/C30H38N4O2/c35-29-26-21-10-11-22(17-21)27(26)30(36)34(29)19-24-6-2-1-5-23(24)18-32-13-15-33(16-14-32)25-9-3-7-20-8-4-12-31-28(20)25/h3-4,7-9,12,21-24,26-27H,1-2,5-6,10-11,13-19H2. The van der Waals surface area contributed by atoms with E-state index in [-0.39, 0.29) is 23.7 Å². The second-order valence-corrected chi connectivity index (χ2v) is 12.1. The lowest BCUT2D eigenvalue weighted by molar-refractivity contribution is -0.142. The maximum Gasteiger partial charge on any atom is 0.233 e. The molecule has 2 saturated heterocycles. The monoisotopic (exact) mass is 486 g/mol. The van der Waals surface area contributed by atoms with E-state index in [0.29, 0.717) is 30.2 Å². The third-order valence-electron chi connectivity index (χ3n) is 10.3. The fourth-order valence-electron chi connectivity index (χ4n) is 8.50. The van der Waals surface area contributed by atoms with Crippen molar-refractivity contribution in [1.29, 1.82) is 0 Å². The number of hydrogen-bond donors (Lipinski definition) is 0. The molecule has 5 fully saturated rings. The highest BCUT2D eigenvalue weighted by atomic mass is 16.2. The van der Waals surface area contributed by atoms with E-state index < -0.39 is 0 Å². The minimum absolute atomic E-state index is 0.0231. The van der Waals surface area contributed by atoms with Crippen LogP contribution in [0.3, 0.4) is 0 Å². The molecule has 1 aromatic heterocycles. The van der Waals surface area contributed by atoms with Gasteiger partial charge < -0.3 is 4.90 Å². The Morgan fingerprint density at radius 2 is 1.44 bits per heavy atom. The third kappa shape index (κ3) is 3.75. The highest BCUT2D eigenvalue weighted by Crippen LogP contribution is 2.56. The first-order valence-electron chi connectivity index (χ1n) is 14.3. The molecule has 3 saturated carbocycles. The number of nitrogens with zero attached hydrogens (tertiary/aromatic N) is 4.